The van der Waals surface area contributed by atoms with E-state index < -0.39 is 5.60 Å². The van der Waals surface area contributed by atoms with Crippen molar-refractivity contribution in [2.75, 3.05) is 18.9 Å². The fourth-order valence-corrected chi connectivity index (χ4v) is 2.79. The highest BCUT2D eigenvalue weighted by Gasteiger charge is 2.57. The maximum absolute atomic E-state index is 11.7. The Labute approximate surface area is 112 Å². The van der Waals surface area contributed by atoms with Crippen molar-refractivity contribution in [3.63, 3.8) is 0 Å². The van der Waals surface area contributed by atoms with Gasteiger partial charge in [-0.1, -0.05) is 0 Å². The summed E-state index contributed by atoms with van der Waals surface area (Å²) < 4.78 is 12.9. The number of nitrogens with two attached hydrogens (primary N) is 1. The number of nitrogen functional groups attached to an aromatic ring is 1. The van der Waals surface area contributed by atoms with Crippen LogP contribution in [0.3, 0.4) is 0 Å². The van der Waals surface area contributed by atoms with E-state index in [2.05, 4.69) is 15.0 Å². The number of imidazole rings is 1. The number of ether oxygens (including phenoxy) is 2. The number of aromatic amines is 1. The van der Waals surface area contributed by atoms with E-state index in [9.17, 15) is 9.90 Å². The van der Waals surface area contributed by atoms with Gasteiger partial charge in [-0.3, -0.25) is 14.3 Å². The number of aliphatic hydroxyl groups excluding tert-OH is 1. The monoisotopic (exact) mass is 279 g/mol. The molecule has 2 aromatic rings. The molecule has 2 fully saturated rings. The minimum atomic E-state index is -0.645. The average Bonchev–Trinajstić information content (AvgIpc) is 2.91. The summed E-state index contributed by atoms with van der Waals surface area (Å²) in [5.41, 5.74) is 5.10. The van der Waals surface area contributed by atoms with E-state index >= 15 is 0 Å². The average molecular weight is 279 g/mol. The molecule has 0 bridgehead atoms. The number of fused-ring (bicyclic) bond motifs is 2. The van der Waals surface area contributed by atoms with Crippen molar-refractivity contribution >= 4 is 17.1 Å². The minimum Gasteiger partial charge on any atom is -0.393 e. The molecule has 2 aliphatic rings. The summed E-state index contributed by atoms with van der Waals surface area (Å²) in [5, 5.41) is 9.44. The Morgan fingerprint density at radius 1 is 1.65 bits per heavy atom. The molecule has 0 spiro atoms. The minimum absolute atomic E-state index is 0.0262. The fraction of sp³-hybridized carbons (Fsp3) is 0.545. The molecule has 0 saturated carbocycles. The van der Waals surface area contributed by atoms with Crippen LogP contribution in [0.2, 0.25) is 0 Å². The Balaban J connectivity index is 1.79. The molecule has 0 aliphatic carbocycles. The van der Waals surface area contributed by atoms with Gasteiger partial charge in [0, 0.05) is 6.42 Å². The second-order valence-electron chi connectivity index (χ2n) is 5.11. The Kier molecular flexibility index (Phi) is 2.23. The molecule has 9 heteroatoms. The molecule has 2 aromatic heterocycles. The first-order valence-electron chi connectivity index (χ1n) is 6.25. The van der Waals surface area contributed by atoms with Crippen molar-refractivity contribution in [3.8, 4) is 0 Å². The molecule has 4 rings (SSSR count). The maximum Gasteiger partial charge on any atom is 0.280 e. The highest BCUT2D eigenvalue weighted by molar-refractivity contribution is 5.70. The standard InChI is InChI=1S/C11H13N5O4/c12-10-14-8-7(9(18)15-10)13-4-16(8)6-1-5-11(2-17,20-6)3-19-5/h4-6,17H,1-3H2,(H3,12,14,15,18). The number of anilines is 1. The lowest BCUT2D eigenvalue weighted by Gasteiger charge is -2.41. The summed E-state index contributed by atoms with van der Waals surface area (Å²) in [6.45, 7) is 0.268. The summed E-state index contributed by atoms with van der Waals surface area (Å²) in [4.78, 5) is 22.3. The maximum atomic E-state index is 11.7. The Bertz CT molecular complexity index is 736. The molecule has 20 heavy (non-hydrogen) atoms. The lowest BCUT2D eigenvalue weighted by atomic mass is 9.93. The first kappa shape index (κ1) is 11.8. The van der Waals surface area contributed by atoms with E-state index in [0.29, 0.717) is 18.7 Å². The summed E-state index contributed by atoms with van der Waals surface area (Å²) in [7, 11) is 0. The molecule has 4 N–H and O–H groups in total. The first-order valence-corrected chi connectivity index (χ1v) is 6.25. The Morgan fingerprint density at radius 2 is 2.50 bits per heavy atom. The second-order valence-corrected chi connectivity index (χ2v) is 5.11. The molecule has 106 valence electrons. The molecule has 2 aliphatic heterocycles. The van der Waals surface area contributed by atoms with Crippen molar-refractivity contribution in [2.45, 2.75) is 24.4 Å². The predicted octanol–water partition coefficient (Wildman–Crippen LogP) is -1.25. The molecule has 2 saturated heterocycles. The molecular formula is C11H13N5O4. The number of aliphatic hydroxyl groups is 1. The van der Waals surface area contributed by atoms with Gasteiger partial charge in [-0.05, 0) is 0 Å². The largest absolute Gasteiger partial charge is 0.393 e. The summed E-state index contributed by atoms with van der Waals surface area (Å²) in [6, 6.07) is 0. The molecule has 0 aromatic carbocycles. The zero-order chi connectivity index (χ0) is 13.9. The van der Waals surface area contributed by atoms with Crippen molar-refractivity contribution in [2.24, 2.45) is 0 Å². The summed E-state index contributed by atoms with van der Waals surface area (Å²) in [6.07, 6.45) is 1.54. The zero-order valence-electron chi connectivity index (χ0n) is 10.4. The van der Waals surface area contributed by atoms with Crippen LogP contribution >= 0.6 is 0 Å². The summed E-state index contributed by atoms with van der Waals surface area (Å²) >= 11 is 0. The lowest BCUT2D eigenvalue weighted by molar-refractivity contribution is -0.242. The van der Waals surface area contributed by atoms with Crippen LogP contribution in [0.5, 0.6) is 0 Å². The predicted molar refractivity (Wildman–Crippen MR) is 66.9 cm³/mol. The van der Waals surface area contributed by atoms with Gasteiger partial charge in [-0.25, -0.2) is 4.98 Å². The van der Waals surface area contributed by atoms with E-state index in [0.717, 1.165) is 0 Å². The van der Waals surface area contributed by atoms with Crippen LogP contribution in [0.4, 0.5) is 5.95 Å². The van der Waals surface area contributed by atoms with Crippen LogP contribution in [0.25, 0.3) is 11.2 Å². The van der Waals surface area contributed by atoms with E-state index in [-0.39, 0.29) is 36.0 Å². The second kappa shape index (κ2) is 3.78. The van der Waals surface area contributed by atoms with Crippen LogP contribution in [-0.2, 0) is 9.47 Å². The van der Waals surface area contributed by atoms with Crippen LogP contribution in [-0.4, -0.2) is 49.5 Å². The highest BCUT2D eigenvalue weighted by Crippen LogP contribution is 2.45. The van der Waals surface area contributed by atoms with Gasteiger partial charge in [0.2, 0.25) is 5.95 Å². The number of aromatic nitrogens is 4. The lowest BCUT2D eigenvalue weighted by Crippen LogP contribution is -2.58. The van der Waals surface area contributed by atoms with E-state index in [1.807, 2.05) is 0 Å². The zero-order valence-corrected chi connectivity index (χ0v) is 10.4. The van der Waals surface area contributed by atoms with Gasteiger partial charge in [-0.2, -0.15) is 4.98 Å². The highest BCUT2D eigenvalue weighted by atomic mass is 16.6. The van der Waals surface area contributed by atoms with E-state index in [1.165, 1.54) is 6.33 Å². The molecule has 3 unspecified atom stereocenters. The molecular weight excluding hydrogens is 266 g/mol. The molecule has 9 nitrogen and oxygen atoms in total. The topological polar surface area (TPSA) is 128 Å². The van der Waals surface area contributed by atoms with Crippen LogP contribution in [0, 0.1) is 0 Å². The van der Waals surface area contributed by atoms with Crippen LogP contribution < -0.4 is 11.3 Å². The SMILES string of the molecule is Nc1nc2c(ncn2C2CC3OCC3(CO)O2)c(=O)[nH]1. The van der Waals surface area contributed by atoms with Gasteiger partial charge in [0.25, 0.3) is 5.56 Å². The van der Waals surface area contributed by atoms with Crippen molar-refractivity contribution in [1.29, 1.82) is 0 Å². The van der Waals surface area contributed by atoms with E-state index in [4.69, 9.17) is 15.2 Å². The van der Waals surface area contributed by atoms with Crippen molar-refractivity contribution < 1.29 is 14.6 Å². The number of nitrogens with zero attached hydrogens (tertiary/aromatic N) is 3. The Hall–Kier alpha value is -1.97. The number of H-pyrrole nitrogens is 1. The van der Waals surface area contributed by atoms with Gasteiger partial charge in [0.05, 0.1) is 25.6 Å². The molecule has 0 amide bonds. The quantitative estimate of drug-likeness (QED) is 0.626. The van der Waals surface area contributed by atoms with Crippen molar-refractivity contribution in [1.82, 2.24) is 19.5 Å². The number of hydrogen-bond acceptors (Lipinski definition) is 7. The van der Waals surface area contributed by atoms with Gasteiger partial charge < -0.3 is 20.3 Å². The third-order valence-electron chi connectivity index (χ3n) is 3.93. The third-order valence-corrected chi connectivity index (χ3v) is 3.93. The Morgan fingerprint density at radius 3 is 3.15 bits per heavy atom. The van der Waals surface area contributed by atoms with Gasteiger partial charge in [0.1, 0.15) is 11.8 Å². The van der Waals surface area contributed by atoms with Crippen LogP contribution in [0.15, 0.2) is 11.1 Å². The first-order chi connectivity index (χ1) is 9.63. The van der Waals surface area contributed by atoms with Gasteiger partial charge in [0.15, 0.2) is 11.2 Å². The number of nitrogens with one attached hydrogen (secondary N) is 1. The molecule has 3 atom stereocenters. The molecule has 0 radical (unpaired) electrons. The normalized spacial score (nSPS) is 32.2. The van der Waals surface area contributed by atoms with Gasteiger partial charge in [-0.15, -0.1) is 0 Å². The smallest absolute Gasteiger partial charge is 0.280 e. The number of rotatable bonds is 2. The number of hydrogen-bond donors (Lipinski definition) is 3. The van der Waals surface area contributed by atoms with Crippen molar-refractivity contribution in [3.05, 3.63) is 16.7 Å². The fourth-order valence-electron chi connectivity index (χ4n) is 2.79. The van der Waals surface area contributed by atoms with Crippen LogP contribution in [0.1, 0.15) is 12.6 Å². The molecule has 4 heterocycles. The van der Waals surface area contributed by atoms with E-state index in [1.54, 1.807) is 4.57 Å². The van der Waals surface area contributed by atoms with Gasteiger partial charge >= 0.3 is 0 Å². The third kappa shape index (κ3) is 1.39. The summed E-state index contributed by atoms with van der Waals surface area (Å²) in [5.74, 6) is 0.0262.